The minimum absolute atomic E-state index is 0.330. The molecule has 0 spiro atoms. The van der Waals surface area contributed by atoms with Crippen LogP contribution in [0, 0.1) is 0 Å². The predicted molar refractivity (Wildman–Crippen MR) is 83.5 cm³/mol. The van der Waals surface area contributed by atoms with Gasteiger partial charge in [0.05, 0.1) is 19.9 Å². The van der Waals surface area contributed by atoms with Crippen molar-refractivity contribution in [3.63, 3.8) is 0 Å². The Morgan fingerprint density at radius 2 is 2.23 bits per heavy atom. The minimum atomic E-state index is -0.330. The van der Waals surface area contributed by atoms with Crippen LogP contribution < -0.4 is 14.9 Å². The molecule has 1 aromatic heterocycles. The molecule has 1 heterocycles. The summed E-state index contributed by atoms with van der Waals surface area (Å²) >= 11 is 0. The molecule has 6 nitrogen and oxygen atoms in total. The molecule has 1 amide bonds. The van der Waals surface area contributed by atoms with E-state index in [9.17, 15) is 4.79 Å². The van der Waals surface area contributed by atoms with Crippen LogP contribution in [-0.2, 0) is 0 Å². The first-order valence-corrected chi connectivity index (χ1v) is 6.79. The van der Waals surface area contributed by atoms with Crippen molar-refractivity contribution >= 4 is 12.1 Å². The van der Waals surface area contributed by atoms with Crippen LogP contribution in [0.2, 0.25) is 0 Å². The summed E-state index contributed by atoms with van der Waals surface area (Å²) in [6.45, 7) is 2.35. The van der Waals surface area contributed by atoms with Gasteiger partial charge < -0.3 is 9.47 Å². The number of benzene rings is 1. The average Bonchev–Trinajstić information content (AvgIpc) is 2.56. The summed E-state index contributed by atoms with van der Waals surface area (Å²) in [5.41, 5.74) is 3.70. The van der Waals surface area contributed by atoms with Crippen LogP contribution in [-0.4, -0.2) is 30.8 Å². The molecule has 6 heteroatoms. The van der Waals surface area contributed by atoms with Gasteiger partial charge in [0.2, 0.25) is 0 Å². The lowest BCUT2D eigenvalue weighted by Gasteiger charge is -2.10. The van der Waals surface area contributed by atoms with Crippen LogP contribution in [0.4, 0.5) is 0 Å². The molecule has 1 aromatic carbocycles. The number of hydrogen-bond donors (Lipinski definition) is 1. The largest absolute Gasteiger partial charge is 0.493 e. The van der Waals surface area contributed by atoms with Crippen molar-refractivity contribution in [1.29, 1.82) is 0 Å². The van der Waals surface area contributed by atoms with E-state index in [0.29, 0.717) is 23.7 Å². The first-order valence-electron chi connectivity index (χ1n) is 6.79. The SMILES string of the molecule is CCOc1cc(C(=O)NN=Cc2cccnc2)ccc1OC. The Bertz CT molecular complexity index is 657. The third-order valence-electron chi connectivity index (χ3n) is 2.79. The van der Waals surface area contributed by atoms with E-state index in [1.807, 2.05) is 13.0 Å². The molecular weight excluding hydrogens is 282 g/mol. The molecule has 0 saturated heterocycles. The van der Waals surface area contributed by atoms with E-state index in [1.165, 1.54) is 6.21 Å². The van der Waals surface area contributed by atoms with Crippen molar-refractivity contribution in [3.8, 4) is 11.5 Å². The lowest BCUT2D eigenvalue weighted by Crippen LogP contribution is -2.17. The molecule has 0 aliphatic carbocycles. The van der Waals surface area contributed by atoms with E-state index in [0.717, 1.165) is 5.56 Å². The number of nitrogens with one attached hydrogen (secondary N) is 1. The van der Waals surface area contributed by atoms with Gasteiger partial charge in [-0.15, -0.1) is 0 Å². The monoisotopic (exact) mass is 299 g/mol. The van der Waals surface area contributed by atoms with Crippen LogP contribution in [0.25, 0.3) is 0 Å². The van der Waals surface area contributed by atoms with E-state index in [-0.39, 0.29) is 5.91 Å². The third kappa shape index (κ3) is 4.05. The quantitative estimate of drug-likeness (QED) is 0.656. The maximum Gasteiger partial charge on any atom is 0.271 e. The smallest absolute Gasteiger partial charge is 0.271 e. The number of carbonyl (C=O) groups excluding carboxylic acids is 1. The van der Waals surface area contributed by atoms with Gasteiger partial charge in [-0.3, -0.25) is 9.78 Å². The Labute approximate surface area is 128 Å². The standard InChI is InChI=1S/C16H17N3O3/c1-3-22-15-9-13(6-7-14(15)21-2)16(20)19-18-11-12-5-4-8-17-10-12/h4-11H,3H2,1-2H3,(H,19,20). The zero-order valence-corrected chi connectivity index (χ0v) is 12.4. The Kier molecular flexibility index (Phi) is 5.48. The van der Waals surface area contributed by atoms with Gasteiger partial charge in [-0.1, -0.05) is 6.07 Å². The number of hydrazone groups is 1. The summed E-state index contributed by atoms with van der Waals surface area (Å²) in [6, 6.07) is 8.59. The highest BCUT2D eigenvalue weighted by Crippen LogP contribution is 2.27. The van der Waals surface area contributed by atoms with Crippen molar-refractivity contribution in [2.24, 2.45) is 5.10 Å². The third-order valence-corrected chi connectivity index (χ3v) is 2.79. The van der Waals surface area contributed by atoms with E-state index < -0.39 is 0 Å². The second-order valence-electron chi connectivity index (χ2n) is 4.28. The molecule has 0 fully saturated rings. The molecule has 0 unspecified atom stereocenters. The lowest BCUT2D eigenvalue weighted by atomic mass is 10.2. The van der Waals surface area contributed by atoms with Gasteiger partial charge in [0.25, 0.3) is 5.91 Å². The normalized spacial score (nSPS) is 10.5. The van der Waals surface area contributed by atoms with Gasteiger partial charge in [0.15, 0.2) is 11.5 Å². The molecule has 1 N–H and O–H groups in total. The van der Waals surface area contributed by atoms with Crippen LogP contribution >= 0.6 is 0 Å². The average molecular weight is 299 g/mol. The van der Waals surface area contributed by atoms with Crippen LogP contribution in [0.1, 0.15) is 22.8 Å². The Hall–Kier alpha value is -2.89. The number of ether oxygens (including phenoxy) is 2. The van der Waals surface area contributed by atoms with E-state index in [4.69, 9.17) is 9.47 Å². The van der Waals surface area contributed by atoms with Gasteiger partial charge in [0, 0.05) is 23.5 Å². The molecule has 2 aromatic rings. The van der Waals surface area contributed by atoms with Crippen LogP contribution in [0.5, 0.6) is 11.5 Å². The first-order chi connectivity index (χ1) is 10.7. The number of aromatic nitrogens is 1. The molecule has 0 aliphatic rings. The summed E-state index contributed by atoms with van der Waals surface area (Å²) < 4.78 is 10.6. The van der Waals surface area contributed by atoms with Crippen LogP contribution in [0.3, 0.4) is 0 Å². The van der Waals surface area contributed by atoms with Crippen molar-refractivity contribution in [1.82, 2.24) is 10.4 Å². The van der Waals surface area contributed by atoms with E-state index >= 15 is 0 Å². The van der Waals surface area contributed by atoms with Gasteiger partial charge in [0.1, 0.15) is 0 Å². The summed E-state index contributed by atoms with van der Waals surface area (Å²) in [6.07, 6.45) is 4.84. The molecule has 0 aliphatic heterocycles. The molecule has 0 bridgehead atoms. The number of rotatable bonds is 6. The summed E-state index contributed by atoms with van der Waals surface area (Å²) in [5, 5.41) is 3.90. The Morgan fingerprint density at radius 3 is 2.91 bits per heavy atom. The molecule has 0 atom stereocenters. The number of pyridine rings is 1. The first kappa shape index (κ1) is 15.5. The maximum absolute atomic E-state index is 12.1. The summed E-state index contributed by atoms with van der Waals surface area (Å²) in [4.78, 5) is 16.0. The lowest BCUT2D eigenvalue weighted by molar-refractivity contribution is 0.0954. The number of nitrogens with zero attached hydrogens (tertiary/aromatic N) is 2. The van der Waals surface area contributed by atoms with Crippen molar-refractivity contribution in [2.75, 3.05) is 13.7 Å². The van der Waals surface area contributed by atoms with Crippen LogP contribution in [0.15, 0.2) is 47.8 Å². The van der Waals surface area contributed by atoms with Gasteiger partial charge in [-0.25, -0.2) is 5.43 Å². The number of carbonyl (C=O) groups is 1. The maximum atomic E-state index is 12.1. The minimum Gasteiger partial charge on any atom is -0.493 e. The molecule has 114 valence electrons. The Morgan fingerprint density at radius 1 is 1.36 bits per heavy atom. The summed E-state index contributed by atoms with van der Waals surface area (Å²) in [5.74, 6) is 0.773. The number of hydrogen-bond acceptors (Lipinski definition) is 5. The second kappa shape index (κ2) is 7.78. The fourth-order valence-electron chi connectivity index (χ4n) is 1.77. The van der Waals surface area contributed by atoms with Crippen molar-refractivity contribution in [2.45, 2.75) is 6.92 Å². The number of methoxy groups -OCH3 is 1. The van der Waals surface area contributed by atoms with Gasteiger partial charge in [-0.05, 0) is 31.2 Å². The van der Waals surface area contributed by atoms with Crippen molar-refractivity contribution < 1.29 is 14.3 Å². The fourth-order valence-corrected chi connectivity index (χ4v) is 1.77. The zero-order chi connectivity index (χ0) is 15.8. The second-order valence-corrected chi connectivity index (χ2v) is 4.28. The molecule has 22 heavy (non-hydrogen) atoms. The molecule has 2 rings (SSSR count). The van der Waals surface area contributed by atoms with E-state index in [1.54, 1.807) is 43.8 Å². The predicted octanol–water partition coefficient (Wildman–Crippen LogP) is 2.25. The highest BCUT2D eigenvalue weighted by Gasteiger charge is 2.10. The Balaban J connectivity index is 2.06. The molecule has 0 radical (unpaired) electrons. The highest BCUT2D eigenvalue weighted by molar-refractivity contribution is 5.95. The van der Waals surface area contributed by atoms with E-state index in [2.05, 4.69) is 15.5 Å². The number of amides is 1. The molecule has 0 saturated carbocycles. The summed E-state index contributed by atoms with van der Waals surface area (Å²) in [7, 11) is 1.55. The van der Waals surface area contributed by atoms with Crippen molar-refractivity contribution in [3.05, 3.63) is 53.9 Å². The fraction of sp³-hybridized carbons (Fsp3) is 0.188. The topological polar surface area (TPSA) is 72.8 Å². The van der Waals surface area contributed by atoms with Gasteiger partial charge >= 0.3 is 0 Å². The zero-order valence-electron chi connectivity index (χ0n) is 12.4. The highest BCUT2D eigenvalue weighted by atomic mass is 16.5. The molecular formula is C16H17N3O3. The van der Waals surface area contributed by atoms with Gasteiger partial charge in [-0.2, -0.15) is 5.10 Å².